The van der Waals surface area contributed by atoms with E-state index in [4.69, 9.17) is 11.6 Å². The van der Waals surface area contributed by atoms with Gasteiger partial charge >= 0.3 is 0 Å². The van der Waals surface area contributed by atoms with Crippen molar-refractivity contribution < 1.29 is 13.5 Å². The molecule has 0 aliphatic rings. The minimum absolute atomic E-state index is 0.498. The molecule has 3 nitrogen and oxygen atoms in total. The summed E-state index contributed by atoms with van der Waals surface area (Å²) in [7, 11) is -3.43. The average molecular weight is 235 g/mol. The molecule has 0 saturated carbocycles. The highest BCUT2D eigenvalue weighted by atomic mass is 35.5. The summed E-state index contributed by atoms with van der Waals surface area (Å²) in [6, 6.07) is 8.46. The lowest BCUT2D eigenvalue weighted by Gasteiger charge is -2.15. The molecule has 0 unspecified atom stereocenters. The maximum atomic E-state index is 11.1. The summed E-state index contributed by atoms with van der Waals surface area (Å²) in [4.78, 5) is 0. The van der Waals surface area contributed by atoms with Gasteiger partial charge in [0, 0.05) is 6.26 Å². The van der Waals surface area contributed by atoms with Gasteiger partial charge in [-0.1, -0.05) is 30.3 Å². The van der Waals surface area contributed by atoms with Crippen molar-refractivity contribution in [3.63, 3.8) is 0 Å². The Bertz CT molecular complexity index is 388. The summed E-state index contributed by atoms with van der Waals surface area (Å²) in [5.74, 6) is 0. The van der Waals surface area contributed by atoms with Crippen LogP contribution in [0, 0.1) is 0 Å². The number of hydrogen-bond donors (Lipinski definition) is 1. The molecular weight excluding hydrogens is 224 g/mol. The minimum Gasteiger partial charge on any atom is -0.386 e. The predicted molar refractivity (Wildman–Crippen MR) is 55.9 cm³/mol. The molecule has 0 bridgehead atoms. The van der Waals surface area contributed by atoms with Crippen molar-refractivity contribution in [1.29, 1.82) is 0 Å². The highest BCUT2D eigenvalue weighted by molar-refractivity contribution is 7.92. The quantitative estimate of drug-likeness (QED) is 0.803. The van der Waals surface area contributed by atoms with Crippen LogP contribution in [0.5, 0.6) is 0 Å². The van der Waals surface area contributed by atoms with Gasteiger partial charge < -0.3 is 5.11 Å². The van der Waals surface area contributed by atoms with E-state index in [0.29, 0.717) is 5.56 Å². The van der Waals surface area contributed by atoms with E-state index in [1.54, 1.807) is 30.3 Å². The molecule has 2 atom stereocenters. The number of sulfone groups is 1. The molecule has 1 aromatic carbocycles. The van der Waals surface area contributed by atoms with Gasteiger partial charge in [0.1, 0.15) is 6.10 Å². The summed E-state index contributed by atoms with van der Waals surface area (Å²) < 4.78 is 20.8. The summed E-state index contributed by atoms with van der Waals surface area (Å²) in [6.45, 7) is 0. The third kappa shape index (κ3) is 2.70. The number of benzene rings is 1. The minimum atomic E-state index is -3.43. The Morgan fingerprint density at radius 2 is 1.79 bits per heavy atom. The van der Waals surface area contributed by atoms with Crippen molar-refractivity contribution in [2.45, 2.75) is 10.8 Å². The zero-order chi connectivity index (χ0) is 10.8. The molecule has 78 valence electrons. The molecule has 0 aromatic heterocycles. The molecular formula is C9H11ClO3S. The average Bonchev–Trinajstić information content (AvgIpc) is 2.15. The molecule has 0 spiro atoms. The van der Waals surface area contributed by atoms with E-state index in [9.17, 15) is 13.5 Å². The van der Waals surface area contributed by atoms with Gasteiger partial charge in [-0.25, -0.2) is 8.42 Å². The maximum Gasteiger partial charge on any atom is 0.167 e. The lowest BCUT2D eigenvalue weighted by atomic mass is 10.1. The van der Waals surface area contributed by atoms with E-state index in [0.717, 1.165) is 6.26 Å². The molecule has 0 aliphatic carbocycles. The zero-order valence-corrected chi connectivity index (χ0v) is 9.16. The Hall–Kier alpha value is -0.580. The van der Waals surface area contributed by atoms with Crippen LogP contribution in [-0.2, 0) is 9.84 Å². The van der Waals surface area contributed by atoms with Crippen molar-refractivity contribution in [1.82, 2.24) is 0 Å². The van der Waals surface area contributed by atoms with E-state index < -0.39 is 20.7 Å². The lowest BCUT2D eigenvalue weighted by Crippen LogP contribution is -2.21. The van der Waals surface area contributed by atoms with Gasteiger partial charge in [-0.3, -0.25) is 0 Å². The first-order valence-corrected chi connectivity index (χ1v) is 6.38. The summed E-state index contributed by atoms with van der Waals surface area (Å²) in [6.07, 6.45) is -0.190. The van der Waals surface area contributed by atoms with Crippen LogP contribution in [0.2, 0.25) is 0 Å². The largest absolute Gasteiger partial charge is 0.386 e. The third-order valence-electron chi connectivity index (χ3n) is 1.80. The second kappa shape index (κ2) is 4.29. The summed E-state index contributed by atoms with van der Waals surface area (Å²) in [5, 5.41) is 9.61. The molecule has 1 rings (SSSR count). The number of aliphatic hydroxyl groups is 1. The first kappa shape index (κ1) is 11.5. The van der Waals surface area contributed by atoms with Gasteiger partial charge in [0.25, 0.3) is 0 Å². The fourth-order valence-electron chi connectivity index (χ4n) is 1.04. The van der Waals surface area contributed by atoms with Crippen LogP contribution in [0.3, 0.4) is 0 Å². The molecule has 0 aliphatic heterocycles. The van der Waals surface area contributed by atoms with Gasteiger partial charge in [-0.05, 0) is 5.56 Å². The highest BCUT2D eigenvalue weighted by Gasteiger charge is 2.27. The van der Waals surface area contributed by atoms with E-state index >= 15 is 0 Å². The van der Waals surface area contributed by atoms with E-state index in [1.807, 2.05) is 0 Å². The fraction of sp³-hybridized carbons (Fsp3) is 0.333. The predicted octanol–water partition coefficient (Wildman–Crippen LogP) is 1.33. The van der Waals surface area contributed by atoms with Crippen molar-refractivity contribution in [2.24, 2.45) is 0 Å². The zero-order valence-electron chi connectivity index (χ0n) is 7.59. The van der Waals surface area contributed by atoms with Crippen molar-refractivity contribution >= 4 is 21.4 Å². The second-order valence-electron chi connectivity index (χ2n) is 3.04. The Kier molecular flexibility index (Phi) is 3.53. The monoisotopic (exact) mass is 234 g/mol. The van der Waals surface area contributed by atoms with Gasteiger partial charge in [0.2, 0.25) is 0 Å². The molecule has 1 N–H and O–H groups in total. The standard InChI is InChI=1S/C9H11ClO3S/c1-14(12,13)9(10)8(11)7-5-3-2-4-6-7/h2-6,8-9,11H,1H3/t8-,9-/m0/s1. The smallest absolute Gasteiger partial charge is 0.167 e. The van der Waals surface area contributed by atoms with Crippen molar-refractivity contribution in [2.75, 3.05) is 6.26 Å². The van der Waals surface area contributed by atoms with Gasteiger partial charge in [0.15, 0.2) is 14.5 Å². The topological polar surface area (TPSA) is 54.4 Å². The first-order chi connectivity index (χ1) is 6.43. The molecule has 5 heteroatoms. The van der Waals surface area contributed by atoms with E-state index in [1.165, 1.54) is 0 Å². The van der Waals surface area contributed by atoms with Crippen LogP contribution in [0.15, 0.2) is 30.3 Å². The lowest BCUT2D eigenvalue weighted by molar-refractivity contribution is 0.192. The fourth-order valence-corrected chi connectivity index (χ4v) is 1.81. The first-order valence-electron chi connectivity index (χ1n) is 3.99. The molecule has 0 radical (unpaired) electrons. The molecule has 0 saturated heterocycles. The molecule has 0 amide bonds. The van der Waals surface area contributed by atoms with Crippen LogP contribution < -0.4 is 0 Å². The van der Waals surface area contributed by atoms with Gasteiger partial charge in [-0.15, -0.1) is 11.6 Å². The number of rotatable bonds is 3. The number of alkyl halides is 1. The van der Waals surface area contributed by atoms with Crippen LogP contribution in [-0.4, -0.2) is 24.5 Å². The molecule has 0 fully saturated rings. The Morgan fingerprint density at radius 1 is 1.29 bits per heavy atom. The number of aliphatic hydroxyl groups excluding tert-OH is 1. The maximum absolute atomic E-state index is 11.1. The number of halogens is 1. The molecule has 1 aromatic rings. The Morgan fingerprint density at radius 3 is 2.21 bits per heavy atom. The van der Waals surface area contributed by atoms with Crippen LogP contribution >= 0.6 is 11.6 Å². The van der Waals surface area contributed by atoms with E-state index in [2.05, 4.69) is 0 Å². The van der Waals surface area contributed by atoms with E-state index in [-0.39, 0.29) is 0 Å². The van der Waals surface area contributed by atoms with Crippen LogP contribution in [0.1, 0.15) is 11.7 Å². The highest BCUT2D eigenvalue weighted by Crippen LogP contribution is 2.24. The van der Waals surface area contributed by atoms with Crippen molar-refractivity contribution in [3.05, 3.63) is 35.9 Å². The SMILES string of the molecule is CS(=O)(=O)[C@H](Cl)[C@@H](O)c1ccccc1. The Labute approximate surface area is 88.2 Å². The van der Waals surface area contributed by atoms with Gasteiger partial charge in [-0.2, -0.15) is 0 Å². The van der Waals surface area contributed by atoms with Crippen LogP contribution in [0.25, 0.3) is 0 Å². The van der Waals surface area contributed by atoms with Gasteiger partial charge in [0.05, 0.1) is 0 Å². The normalized spacial score (nSPS) is 16.2. The number of hydrogen-bond acceptors (Lipinski definition) is 3. The summed E-state index contributed by atoms with van der Waals surface area (Å²) in [5.41, 5.74) is 0.498. The molecule has 14 heavy (non-hydrogen) atoms. The van der Waals surface area contributed by atoms with Crippen molar-refractivity contribution in [3.8, 4) is 0 Å². The third-order valence-corrected chi connectivity index (χ3v) is 4.08. The Balaban J connectivity index is 2.92. The molecule has 0 heterocycles. The van der Waals surface area contributed by atoms with Crippen LogP contribution in [0.4, 0.5) is 0 Å². The summed E-state index contributed by atoms with van der Waals surface area (Å²) >= 11 is 5.60. The second-order valence-corrected chi connectivity index (χ2v) is 5.93.